The maximum absolute atomic E-state index is 7.40. The number of hydrogen-bond acceptors (Lipinski definition) is 1. The first-order valence-corrected chi connectivity index (χ1v) is 8.27. The predicted octanol–water partition coefficient (Wildman–Crippen LogP) is 6.67. The van der Waals surface area contributed by atoms with Crippen molar-refractivity contribution in [2.24, 2.45) is 0 Å². The lowest BCUT2D eigenvalue weighted by Crippen LogP contribution is -1.96. The van der Waals surface area contributed by atoms with Gasteiger partial charge in [0.05, 0.1) is 6.61 Å². The molecule has 2 heteroatoms. The number of rotatable bonds is 12. The monoisotopic (exact) mass is 276 g/mol. The second-order valence-corrected chi connectivity index (χ2v) is 5.55. The predicted molar refractivity (Wildman–Crippen MR) is 87.8 cm³/mol. The van der Waals surface area contributed by atoms with Crippen LogP contribution in [0.1, 0.15) is 71.1 Å². The van der Waals surface area contributed by atoms with Crippen LogP contribution in [0.2, 0.25) is 0 Å². The Labute approximate surface area is 124 Å². The van der Waals surface area contributed by atoms with Crippen LogP contribution < -0.4 is 4.74 Å². The molecule has 0 aliphatic carbocycles. The molecule has 0 amide bonds. The largest absolute Gasteiger partial charge is 0.699 e. The van der Waals surface area contributed by atoms with Gasteiger partial charge in [-0.3, -0.25) is 0 Å². The molecular formula is C18H30NO-. The molecule has 0 aliphatic rings. The minimum absolute atomic E-state index is 0.538. The molecule has 0 aromatic heterocycles. The molecule has 114 valence electrons. The van der Waals surface area contributed by atoms with Crippen molar-refractivity contribution in [1.82, 2.24) is 0 Å². The Balaban J connectivity index is 1.84. The van der Waals surface area contributed by atoms with Gasteiger partial charge in [-0.15, -0.1) is 5.69 Å². The van der Waals surface area contributed by atoms with Crippen molar-refractivity contribution >= 4 is 5.69 Å². The Bertz CT molecular complexity index is 321. The average Bonchev–Trinajstić information content (AvgIpc) is 2.47. The Morgan fingerprint density at radius 1 is 0.750 bits per heavy atom. The van der Waals surface area contributed by atoms with Crippen LogP contribution >= 0.6 is 0 Å². The van der Waals surface area contributed by atoms with Gasteiger partial charge in [0.1, 0.15) is 5.75 Å². The fraction of sp³-hybridized carbons (Fsp3) is 0.667. The smallest absolute Gasteiger partial charge is 0.119 e. The molecule has 0 saturated carbocycles. The second-order valence-electron chi connectivity index (χ2n) is 5.55. The summed E-state index contributed by atoms with van der Waals surface area (Å²) < 4.78 is 5.65. The molecule has 1 rings (SSSR count). The van der Waals surface area contributed by atoms with E-state index >= 15 is 0 Å². The van der Waals surface area contributed by atoms with Crippen molar-refractivity contribution < 1.29 is 4.74 Å². The molecule has 0 saturated heterocycles. The van der Waals surface area contributed by atoms with Crippen LogP contribution in [-0.2, 0) is 0 Å². The van der Waals surface area contributed by atoms with E-state index in [0.717, 1.165) is 18.8 Å². The van der Waals surface area contributed by atoms with Crippen LogP contribution in [0, 0.1) is 0 Å². The number of nitrogens with one attached hydrogen (secondary N) is 1. The summed E-state index contributed by atoms with van der Waals surface area (Å²) in [5.41, 5.74) is 7.93. The van der Waals surface area contributed by atoms with E-state index in [9.17, 15) is 0 Å². The van der Waals surface area contributed by atoms with Crippen molar-refractivity contribution in [3.8, 4) is 5.75 Å². The zero-order valence-corrected chi connectivity index (χ0v) is 13.0. The number of ether oxygens (including phenoxy) is 1. The van der Waals surface area contributed by atoms with E-state index in [4.69, 9.17) is 10.5 Å². The van der Waals surface area contributed by atoms with E-state index in [-0.39, 0.29) is 0 Å². The minimum Gasteiger partial charge on any atom is -0.699 e. The summed E-state index contributed by atoms with van der Waals surface area (Å²) in [4.78, 5) is 0. The zero-order chi connectivity index (χ0) is 14.5. The molecular weight excluding hydrogens is 246 g/mol. The van der Waals surface area contributed by atoms with Gasteiger partial charge in [-0.1, -0.05) is 76.8 Å². The molecule has 0 fully saturated rings. The Morgan fingerprint density at radius 2 is 1.25 bits per heavy atom. The minimum atomic E-state index is 0.538. The topological polar surface area (TPSA) is 33.0 Å². The second kappa shape index (κ2) is 11.6. The lowest BCUT2D eigenvalue weighted by atomic mass is 10.1. The van der Waals surface area contributed by atoms with Crippen molar-refractivity contribution in [2.45, 2.75) is 71.1 Å². The van der Waals surface area contributed by atoms with Gasteiger partial charge in [0.15, 0.2) is 0 Å². The van der Waals surface area contributed by atoms with E-state index in [0.29, 0.717) is 5.69 Å². The maximum Gasteiger partial charge on any atom is 0.119 e. The summed E-state index contributed by atoms with van der Waals surface area (Å²) in [7, 11) is 0. The Hall–Kier alpha value is -1.18. The lowest BCUT2D eigenvalue weighted by molar-refractivity contribution is 0.304. The first kappa shape index (κ1) is 16.9. The van der Waals surface area contributed by atoms with Gasteiger partial charge in [-0.2, -0.15) is 0 Å². The van der Waals surface area contributed by atoms with Crippen LogP contribution in [0.5, 0.6) is 5.75 Å². The van der Waals surface area contributed by atoms with E-state index in [1.165, 1.54) is 57.8 Å². The van der Waals surface area contributed by atoms with Crippen LogP contribution in [0.25, 0.3) is 5.73 Å². The zero-order valence-electron chi connectivity index (χ0n) is 13.0. The quantitative estimate of drug-likeness (QED) is 0.392. The Kier molecular flexibility index (Phi) is 9.81. The molecule has 2 nitrogen and oxygen atoms in total. The van der Waals surface area contributed by atoms with E-state index in [2.05, 4.69) is 6.92 Å². The summed E-state index contributed by atoms with van der Waals surface area (Å²) in [6, 6.07) is 7.29. The molecule has 1 aromatic carbocycles. The first-order valence-electron chi connectivity index (χ1n) is 8.27. The SMILES string of the molecule is CCCCCCCCCCCCOc1ccc([NH-])cc1. The van der Waals surface area contributed by atoms with Gasteiger partial charge < -0.3 is 10.5 Å². The highest BCUT2D eigenvalue weighted by Crippen LogP contribution is 2.17. The van der Waals surface area contributed by atoms with E-state index < -0.39 is 0 Å². The highest BCUT2D eigenvalue weighted by atomic mass is 16.5. The summed E-state index contributed by atoms with van der Waals surface area (Å²) >= 11 is 0. The number of unbranched alkanes of at least 4 members (excludes halogenated alkanes) is 9. The molecule has 20 heavy (non-hydrogen) atoms. The molecule has 1 N–H and O–H groups in total. The first-order chi connectivity index (χ1) is 9.83. The van der Waals surface area contributed by atoms with Crippen molar-refractivity contribution in [3.63, 3.8) is 0 Å². The average molecular weight is 276 g/mol. The third-order valence-corrected chi connectivity index (χ3v) is 3.62. The fourth-order valence-corrected chi connectivity index (χ4v) is 2.33. The van der Waals surface area contributed by atoms with Crippen LogP contribution in [0.4, 0.5) is 5.69 Å². The lowest BCUT2D eigenvalue weighted by Gasteiger charge is -2.08. The van der Waals surface area contributed by atoms with Gasteiger partial charge in [-0.05, 0) is 18.6 Å². The van der Waals surface area contributed by atoms with Crippen molar-refractivity contribution in [2.75, 3.05) is 6.61 Å². The van der Waals surface area contributed by atoms with Crippen LogP contribution in [0.3, 0.4) is 0 Å². The summed E-state index contributed by atoms with van der Waals surface area (Å²) in [6.45, 7) is 3.07. The molecule has 0 spiro atoms. The molecule has 0 atom stereocenters. The molecule has 1 aromatic rings. The fourth-order valence-electron chi connectivity index (χ4n) is 2.33. The van der Waals surface area contributed by atoms with Gasteiger partial charge in [0.2, 0.25) is 0 Å². The van der Waals surface area contributed by atoms with E-state index in [1.807, 2.05) is 12.1 Å². The number of hydrogen-bond donors (Lipinski definition) is 0. The third-order valence-electron chi connectivity index (χ3n) is 3.62. The van der Waals surface area contributed by atoms with Gasteiger partial charge in [0.25, 0.3) is 0 Å². The molecule has 0 heterocycles. The standard InChI is InChI=1S/C18H30NO/c1-2-3-4-5-6-7-8-9-10-11-16-20-18-14-12-17(19)13-15-18/h12-15,19H,2-11,16H2,1H3/q-1. The van der Waals surface area contributed by atoms with Crippen LogP contribution in [0.15, 0.2) is 24.3 Å². The van der Waals surface area contributed by atoms with Gasteiger partial charge >= 0.3 is 0 Å². The maximum atomic E-state index is 7.40. The third kappa shape index (κ3) is 8.84. The van der Waals surface area contributed by atoms with Gasteiger partial charge in [-0.25, -0.2) is 0 Å². The van der Waals surface area contributed by atoms with Crippen LogP contribution in [-0.4, -0.2) is 6.61 Å². The highest BCUT2D eigenvalue weighted by Gasteiger charge is 1.94. The summed E-state index contributed by atoms with van der Waals surface area (Å²) in [6.07, 6.45) is 13.5. The van der Waals surface area contributed by atoms with E-state index in [1.54, 1.807) is 12.1 Å². The normalized spacial score (nSPS) is 10.7. The van der Waals surface area contributed by atoms with Crippen molar-refractivity contribution in [3.05, 3.63) is 30.0 Å². The summed E-state index contributed by atoms with van der Waals surface area (Å²) in [5, 5.41) is 0. The van der Waals surface area contributed by atoms with Crippen molar-refractivity contribution in [1.29, 1.82) is 0 Å². The number of benzene rings is 1. The molecule has 0 bridgehead atoms. The molecule has 0 unspecified atom stereocenters. The highest BCUT2D eigenvalue weighted by molar-refractivity contribution is 5.45. The Morgan fingerprint density at radius 3 is 1.80 bits per heavy atom. The summed E-state index contributed by atoms with van der Waals surface area (Å²) in [5.74, 6) is 0.886. The molecule has 0 radical (unpaired) electrons. The van der Waals surface area contributed by atoms with Gasteiger partial charge in [0, 0.05) is 0 Å². The molecule has 0 aliphatic heterocycles.